The highest BCUT2D eigenvalue weighted by molar-refractivity contribution is 8.00. The summed E-state index contributed by atoms with van der Waals surface area (Å²) in [5.74, 6) is -0.253. The Labute approximate surface area is 297 Å². The Balaban J connectivity index is 1.34. The van der Waals surface area contributed by atoms with Gasteiger partial charge in [0.25, 0.3) is 25.2 Å². The van der Waals surface area contributed by atoms with E-state index in [0.717, 1.165) is 50.3 Å². The van der Waals surface area contributed by atoms with Crippen molar-refractivity contribution < 1.29 is 30.5 Å². The molecule has 0 saturated heterocycles. The Bertz CT molecular complexity index is 2220. The molecule has 0 radical (unpaired) electrons. The van der Waals surface area contributed by atoms with Gasteiger partial charge in [-0.1, -0.05) is 96.3 Å². The van der Waals surface area contributed by atoms with Gasteiger partial charge < -0.3 is 4.90 Å². The van der Waals surface area contributed by atoms with Crippen LogP contribution in [0.25, 0.3) is 38.2 Å². The van der Waals surface area contributed by atoms with Gasteiger partial charge in [0.1, 0.15) is 4.70 Å². The zero-order valence-corrected chi connectivity index (χ0v) is 30.8. The summed E-state index contributed by atoms with van der Waals surface area (Å²) in [5, 5.41) is 2.54. The van der Waals surface area contributed by atoms with Crippen molar-refractivity contribution in [2.45, 2.75) is 68.0 Å². The highest BCUT2D eigenvalue weighted by Crippen LogP contribution is 2.47. The van der Waals surface area contributed by atoms with E-state index in [-0.39, 0.29) is 17.5 Å². The van der Waals surface area contributed by atoms with E-state index in [9.17, 15) is 25.9 Å². The van der Waals surface area contributed by atoms with Crippen LogP contribution in [0.4, 0.5) is 5.69 Å². The van der Waals surface area contributed by atoms with Gasteiger partial charge in [0.15, 0.2) is 6.54 Å². The Kier molecular flexibility index (Phi) is 10.8. The van der Waals surface area contributed by atoms with Crippen LogP contribution in [-0.4, -0.2) is 48.9 Å². The molecule has 0 aliphatic carbocycles. The highest BCUT2D eigenvalue weighted by Gasteiger charge is 2.32. The number of rotatable bonds is 14. The second kappa shape index (κ2) is 14.9. The Morgan fingerprint density at radius 2 is 1.63 bits per heavy atom. The monoisotopic (exact) mass is 737 g/mol. The van der Waals surface area contributed by atoms with E-state index in [0.29, 0.717) is 25.9 Å². The van der Waals surface area contributed by atoms with Crippen LogP contribution in [-0.2, 0) is 26.8 Å². The number of hydrogen-bond acceptors (Lipinski definition) is 7. The van der Waals surface area contributed by atoms with Crippen LogP contribution in [0, 0.1) is 0 Å². The lowest BCUT2D eigenvalue weighted by molar-refractivity contribution is -0.669. The lowest BCUT2D eigenvalue weighted by Crippen LogP contribution is -2.37. The number of thiazole rings is 1. The summed E-state index contributed by atoms with van der Waals surface area (Å²) in [5.41, 5.74) is 5.57. The van der Waals surface area contributed by atoms with E-state index >= 15 is 0 Å². The lowest BCUT2D eigenvalue weighted by atomic mass is 10.1. The summed E-state index contributed by atoms with van der Waals surface area (Å²) in [6, 6.07) is 29.3. The number of aromatic nitrogens is 1. The van der Waals surface area contributed by atoms with Gasteiger partial charge in [0.2, 0.25) is 5.52 Å². The first-order valence-electron chi connectivity index (χ1n) is 16.5. The predicted octanol–water partition coefficient (Wildman–Crippen LogP) is 8.47. The zero-order valence-electron chi connectivity index (χ0n) is 27.5. The molecule has 2 heterocycles. The molecule has 6 rings (SSSR count). The lowest BCUT2D eigenvalue weighted by Gasteiger charge is -2.27. The van der Waals surface area contributed by atoms with Crippen LogP contribution in [0.3, 0.4) is 0 Å². The van der Waals surface area contributed by atoms with Gasteiger partial charge in [0, 0.05) is 30.0 Å². The fourth-order valence-corrected chi connectivity index (χ4v) is 9.85. The smallest absolute Gasteiger partial charge is 0.267 e. The third kappa shape index (κ3) is 8.56. The molecule has 0 amide bonds. The molecule has 12 heteroatoms. The zero-order chi connectivity index (χ0) is 34.8. The van der Waals surface area contributed by atoms with Crippen molar-refractivity contribution in [1.29, 1.82) is 0 Å². The number of hydrogen-bond donors (Lipinski definition) is 2. The van der Waals surface area contributed by atoms with E-state index in [1.165, 1.54) is 22.8 Å². The van der Waals surface area contributed by atoms with Crippen LogP contribution in [0.5, 0.6) is 0 Å². The second-order valence-electron chi connectivity index (χ2n) is 12.5. The molecule has 0 bridgehead atoms. The molecule has 0 spiro atoms. The first kappa shape index (κ1) is 35.6. The van der Waals surface area contributed by atoms with E-state index in [1.807, 2.05) is 42.1 Å². The predicted molar refractivity (Wildman–Crippen MR) is 203 cm³/mol. The molecule has 8 nitrogen and oxygen atoms in total. The number of aryl methyl sites for hydroxylation is 1. The van der Waals surface area contributed by atoms with Gasteiger partial charge in [0.05, 0.1) is 22.1 Å². The minimum Gasteiger partial charge on any atom is -0.358 e. The summed E-state index contributed by atoms with van der Waals surface area (Å²) in [6.45, 7) is 4.77. The molecule has 2 unspecified atom stereocenters. The van der Waals surface area contributed by atoms with E-state index in [1.54, 1.807) is 11.3 Å². The maximum atomic E-state index is 11.9. The number of thioether (sulfide) groups is 1. The summed E-state index contributed by atoms with van der Waals surface area (Å²) in [6.07, 6.45) is 5.10. The molecule has 1 aliphatic heterocycles. The molecule has 2 N–H and O–H groups in total. The van der Waals surface area contributed by atoms with Crippen LogP contribution < -0.4 is 9.47 Å². The highest BCUT2D eigenvalue weighted by atomic mass is 32.2. The number of benzene rings is 4. The first-order valence-corrected chi connectivity index (χ1v) is 21.3. The molecule has 0 fully saturated rings. The molecule has 4 aromatic carbocycles. The van der Waals surface area contributed by atoms with Gasteiger partial charge >= 0.3 is 0 Å². The van der Waals surface area contributed by atoms with Crippen LogP contribution in [0.1, 0.15) is 51.0 Å². The summed E-state index contributed by atoms with van der Waals surface area (Å²) in [7, 11) is -8.18. The summed E-state index contributed by atoms with van der Waals surface area (Å²) < 4.78 is 68.9. The fraction of sp³-hybridized carbons (Fsp3) is 0.324. The molecule has 1 aliphatic rings. The largest absolute Gasteiger partial charge is 0.358 e. The number of unbranched alkanes of at least 4 members (excludes halogenated alkanes) is 1. The van der Waals surface area contributed by atoms with Crippen LogP contribution in [0.15, 0.2) is 95.4 Å². The molecule has 49 heavy (non-hydrogen) atoms. The number of anilines is 1. The topological polar surface area (TPSA) is 116 Å². The quantitative estimate of drug-likeness (QED) is 0.0663. The molecular formula is C37H41N2O6S4+. The Morgan fingerprint density at radius 1 is 0.918 bits per heavy atom. The third-order valence-corrected chi connectivity index (χ3v) is 13.6. The SMILES string of the molecule is CC/C(=C\c1sc2ccc(-c3ccccc3)cc2[n+]1CCC(C)S(=O)(=O)O)CC1Sc2cc3ccccc3cc2N1CCCCS(=O)(=O)O. The normalized spacial score (nSPS) is 16.0. The van der Waals surface area contributed by atoms with Gasteiger partial charge in [-0.05, 0) is 72.7 Å². The maximum absolute atomic E-state index is 11.9. The minimum absolute atomic E-state index is 0.0933. The second-order valence-corrected chi connectivity index (χ2v) is 18.2. The van der Waals surface area contributed by atoms with Gasteiger partial charge in [-0.3, -0.25) is 9.11 Å². The summed E-state index contributed by atoms with van der Waals surface area (Å²) in [4.78, 5) is 3.57. The van der Waals surface area contributed by atoms with Crippen LogP contribution >= 0.6 is 23.1 Å². The minimum atomic E-state index is -4.16. The average Bonchev–Trinajstić information content (AvgIpc) is 3.58. The van der Waals surface area contributed by atoms with Crippen molar-refractivity contribution in [2.75, 3.05) is 17.2 Å². The number of fused-ring (bicyclic) bond motifs is 3. The van der Waals surface area contributed by atoms with E-state index in [4.69, 9.17) is 0 Å². The van der Waals surface area contributed by atoms with Crippen molar-refractivity contribution >= 4 is 76.1 Å². The molecule has 1 aromatic heterocycles. The average molecular weight is 738 g/mol. The van der Waals surface area contributed by atoms with Crippen molar-refractivity contribution in [3.63, 3.8) is 0 Å². The Morgan fingerprint density at radius 3 is 2.33 bits per heavy atom. The van der Waals surface area contributed by atoms with Gasteiger partial charge in [-0.25, -0.2) is 0 Å². The van der Waals surface area contributed by atoms with Crippen molar-refractivity contribution in [1.82, 2.24) is 0 Å². The molecule has 0 saturated carbocycles. The van der Waals surface area contributed by atoms with E-state index in [2.05, 4.69) is 77.1 Å². The van der Waals surface area contributed by atoms with Crippen molar-refractivity contribution in [2.24, 2.45) is 0 Å². The molecule has 258 valence electrons. The first-order chi connectivity index (χ1) is 23.4. The molecular weight excluding hydrogens is 697 g/mol. The molecule has 2 atom stereocenters. The van der Waals surface area contributed by atoms with Crippen molar-refractivity contribution in [3.05, 3.63) is 95.5 Å². The molecule has 5 aromatic rings. The summed E-state index contributed by atoms with van der Waals surface area (Å²) >= 11 is 3.49. The number of nitrogens with zero attached hydrogens (tertiary/aromatic N) is 2. The van der Waals surface area contributed by atoms with Gasteiger partial charge in [-0.15, -0.1) is 0 Å². The fourth-order valence-electron chi connectivity index (χ4n) is 6.29. The standard InChI is InChI=1S/C37H40N2O6S4/c1-3-27(21-36-38(18-9-10-20-48(40,41)42)33-23-29-13-7-8-14-30(29)25-35(33)47-36)22-37-39(19-17-26(2)49(43,44)45)32-24-31(15-16-34(32)46-37)28-11-5-4-6-12-28/h4-8,11-16,22-26,36H,3,9-10,17-21H2,1-2H3,(H-,40,41,42,43,44,45)/p+1/b27-22+. The Hall–Kier alpha value is -3.26. The van der Waals surface area contributed by atoms with Crippen LogP contribution in [0.2, 0.25) is 0 Å². The van der Waals surface area contributed by atoms with Gasteiger partial charge in [-0.2, -0.15) is 21.4 Å². The third-order valence-electron chi connectivity index (χ3n) is 9.12. The van der Waals surface area contributed by atoms with Crippen molar-refractivity contribution in [3.8, 4) is 11.1 Å². The van der Waals surface area contributed by atoms with E-state index < -0.39 is 25.5 Å². The maximum Gasteiger partial charge on any atom is 0.267 e.